The SMILES string of the molecule is O=C1N=C(NC2CC3C=CC2C3)SC1CCBr. The standard InChI is InChI=1S/C12H15BrN2OS/c13-4-3-10-11(16)15-12(17-10)14-9-6-7-1-2-8(9)5-7/h1-2,7-10H,3-6H2,(H,14,15,16). The third-order valence-corrected chi connectivity index (χ3v) is 5.31. The summed E-state index contributed by atoms with van der Waals surface area (Å²) < 4.78 is 0. The third-order valence-electron chi connectivity index (χ3n) is 3.70. The Bertz CT molecular complexity index is 396. The molecule has 0 aromatic carbocycles. The van der Waals surface area contributed by atoms with Crippen LogP contribution in [0.2, 0.25) is 0 Å². The number of hydrogen-bond donors (Lipinski definition) is 1. The second kappa shape index (κ2) is 4.76. The van der Waals surface area contributed by atoms with Crippen LogP contribution >= 0.6 is 27.7 Å². The van der Waals surface area contributed by atoms with E-state index in [0.29, 0.717) is 12.0 Å². The molecule has 0 radical (unpaired) electrons. The summed E-state index contributed by atoms with van der Waals surface area (Å²) in [4.78, 5) is 15.7. The predicted octanol–water partition coefficient (Wildman–Crippen LogP) is 2.32. The number of halogens is 1. The highest BCUT2D eigenvalue weighted by atomic mass is 79.9. The lowest BCUT2D eigenvalue weighted by molar-refractivity contribution is -0.117. The number of hydrogen-bond acceptors (Lipinski definition) is 3. The van der Waals surface area contributed by atoms with Crippen molar-refractivity contribution in [1.29, 1.82) is 0 Å². The van der Waals surface area contributed by atoms with Gasteiger partial charge in [-0.2, -0.15) is 4.99 Å². The van der Waals surface area contributed by atoms with Crippen molar-refractivity contribution in [2.24, 2.45) is 16.8 Å². The molecule has 1 heterocycles. The van der Waals surface area contributed by atoms with Gasteiger partial charge in [0, 0.05) is 11.4 Å². The molecule has 0 aromatic rings. The smallest absolute Gasteiger partial charge is 0.261 e. The van der Waals surface area contributed by atoms with E-state index in [-0.39, 0.29) is 11.2 Å². The van der Waals surface area contributed by atoms with Crippen molar-refractivity contribution in [3.63, 3.8) is 0 Å². The molecule has 4 atom stereocenters. The lowest BCUT2D eigenvalue weighted by Gasteiger charge is -2.20. The van der Waals surface area contributed by atoms with Gasteiger partial charge in [-0.25, -0.2) is 0 Å². The predicted molar refractivity (Wildman–Crippen MR) is 74.5 cm³/mol. The number of alkyl halides is 1. The molecule has 2 bridgehead atoms. The van der Waals surface area contributed by atoms with Gasteiger partial charge >= 0.3 is 0 Å². The summed E-state index contributed by atoms with van der Waals surface area (Å²) in [6.45, 7) is 0. The second-order valence-electron chi connectivity index (χ2n) is 4.87. The van der Waals surface area contributed by atoms with Gasteiger partial charge < -0.3 is 5.32 Å². The van der Waals surface area contributed by atoms with E-state index < -0.39 is 0 Å². The van der Waals surface area contributed by atoms with E-state index in [1.165, 1.54) is 12.8 Å². The molecule has 0 saturated heterocycles. The molecule has 1 aliphatic heterocycles. The van der Waals surface area contributed by atoms with E-state index in [0.717, 1.165) is 22.8 Å². The van der Waals surface area contributed by atoms with Gasteiger partial charge in [-0.3, -0.25) is 4.79 Å². The van der Waals surface area contributed by atoms with Gasteiger partial charge in [-0.1, -0.05) is 39.8 Å². The fourth-order valence-corrected chi connectivity index (χ4v) is 4.62. The number of rotatable bonds is 3. The van der Waals surface area contributed by atoms with Crippen LogP contribution < -0.4 is 5.32 Å². The Balaban J connectivity index is 1.58. The number of carbonyl (C=O) groups is 1. The van der Waals surface area contributed by atoms with Crippen molar-refractivity contribution < 1.29 is 4.79 Å². The second-order valence-corrected chi connectivity index (χ2v) is 6.85. The molecular formula is C12H15BrN2OS. The van der Waals surface area contributed by atoms with E-state index in [4.69, 9.17) is 0 Å². The number of nitrogens with one attached hydrogen (secondary N) is 1. The van der Waals surface area contributed by atoms with Crippen LogP contribution in [0.1, 0.15) is 19.3 Å². The Morgan fingerprint density at radius 1 is 1.47 bits per heavy atom. The lowest BCUT2D eigenvalue weighted by atomic mass is 10.0. The summed E-state index contributed by atoms with van der Waals surface area (Å²) in [6, 6.07) is 0.492. The zero-order chi connectivity index (χ0) is 11.8. The Morgan fingerprint density at radius 3 is 3.00 bits per heavy atom. The molecule has 1 amide bonds. The van der Waals surface area contributed by atoms with E-state index in [9.17, 15) is 4.79 Å². The fraction of sp³-hybridized carbons (Fsp3) is 0.667. The normalized spacial score (nSPS) is 38.9. The van der Waals surface area contributed by atoms with Gasteiger partial charge in [0.2, 0.25) is 0 Å². The Morgan fingerprint density at radius 2 is 2.35 bits per heavy atom. The molecule has 2 aliphatic carbocycles. The molecule has 1 saturated carbocycles. The largest absolute Gasteiger partial charge is 0.361 e. The van der Waals surface area contributed by atoms with Gasteiger partial charge in [0.05, 0.1) is 5.25 Å². The van der Waals surface area contributed by atoms with Crippen molar-refractivity contribution >= 4 is 38.8 Å². The van der Waals surface area contributed by atoms with Gasteiger partial charge in [0.1, 0.15) is 0 Å². The number of nitrogens with zero attached hydrogens (tertiary/aromatic N) is 1. The Labute approximate surface area is 114 Å². The summed E-state index contributed by atoms with van der Waals surface area (Å²) in [5.74, 6) is 1.42. The molecule has 3 nitrogen and oxygen atoms in total. The minimum atomic E-state index is 0.0195. The maximum atomic E-state index is 11.6. The highest BCUT2D eigenvalue weighted by Gasteiger charge is 2.37. The maximum Gasteiger partial charge on any atom is 0.261 e. The van der Waals surface area contributed by atoms with Crippen molar-refractivity contribution in [2.45, 2.75) is 30.6 Å². The molecule has 92 valence electrons. The molecule has 0 spiro atoms. The monoisotopic (exact) mass is 314 g/mol. The summed E-state index contributed by atoms with van der Waals surface area (Å²) >= 11 is 4.97. The maximum absolute atomic E-state index is 11.6. The quantitative estimate of drug-likeness (QED) is 0.642. The van der Waals surface area contributed by atoms with Crippen LogP contribution in [-0.2, 0) is 4.79 Å². The number of allylic oxidation sites excluding steroid dienone is 1. The highest BCUT2D eigenvalue weighted by molar-refractivity contribution is 9.09. The number of aliphatic imine (C=N–C) groups is 1. The van der Waals surface area contributed by atoms with E-state index in [1.54, 1.807) is 11.8 Å². The van der Waals surface area contributed by atoms with Gasteiger partial charge in [-0.05, 0) is 31.1 Å². The molecule has 1 N–H and O–H groups in total. The minimum absolute atomic E-state index is 0.0195. The first-order valence-electron chi connectivity index (χ1n) is 6.06. The van der Waals surface area contributed by atoms with Crippen molar-refractivity contribution in [2.75, 3.05) is 5.33 Å². The third kappa shape index (κ3) is 2.32. The fourth-order valence-electron chi connectivity index (χ4n) is 2.84. The van der Waals surface area contributed by atoms with Crippen LogP contribution in [0.15, 0.2) is 17.1 Å². The van der Waals surface area contributed by atoms with Crippen LogP contribution in [0, 0.1) is 11.8 Å². The molecule has 3 aliphatic rings. The van der Waals surface area contributed by atoms with Gasteiger partial charge in [0.15, 0.2) is 5.17 Å². The number of amidine groups is 1. The number of carbonyl (C=O) groups excluding carboxylic acids is 1. The summed E-state index contributed by atoms with van der Waals surface area (Å²) in [6.07, 6.45) is 7.95. The average molecular weight is 315 g/mol. The van der Waals surface area contributed by atoms with Gasteiger partial charge in [-0.15, -0.1) is 0 Å². The number of fused-ring (bicyclic) bond motifs is 2. The molecule has 0 aromatic heterocycles. The minimum Gasteiger partial charge on any atom is -0.361 e. The van der Waals surface area contributed by atoms with Crippen molar-refractivity contribution in [3.05, 3.63) is 12.2 Å². The molecule has 17 heavy (non-hydrogen) atoms. The molecule has 1 fully saturated rings. The first kappa shape index (κ1) is 11.8. The average Bonchev–Trinajstić information content (AvgIpc) is 2.96. The molecule has 5 heteroatoms. The van der Waals surface area contributed by atoms with Crippen LogP contribution in [0.4, 0.5) is 0 Å². The summed E-state index contributed by atoms with van der Waals surface area (Å²) in [7, 11) is 0. The summed E-state index contributed by atoms with van der Waals surface area (Å²) in [5, 5.41) is 5.17. The topological polar surface area (TPSA) is 41.5 Å². The van der Waals surface area contributed by atoms with Crippen molar-refractivity contribution in [3.8, 4) is 0 Å². The molecule has 4 unspecified atom stereocenters. The van der Waals surface area contributed by atoms with Crippen LogP contribution in [0.25, 0.3) is 0 Å². The highest BCUT2D eigenvalue weighted by Crippen LogP contribution is 2.39. The van der Waals surface area contributed by atoms with Crippen LogP contribution in [0.5, 0.6) is 0 Å². The van der Waals surface area contributed by atoms with Crippen molar-refractivity contribution in [1.82, 2.24) is 5.32 Å². The number of thioether (sulfide) groups is 1. The van der Waals surface area contributed by atoms with E-state index in [1.807, 2.05) is 0 Å². The summed E-state index contributed by atoms with van der Waals surface area (Å²) in [5.41, 5.74) is 0. The lowest BCUT2D eigenvalue weighted by Crippen LogP contribution is -2.35. The first-order chi connectivity index (χ1) is 8.26. The van der Waals surface area contributed by atoms with E-state index >= 15 is 0 Å². The Hall–Kier alpha value is -0.290. The molecular weight excluding hydrogens is 300 g/mol. The zero-order valence-electron chi connectivity index (χ0n) is 9.43. The Kier molecular flexibility index (Phi) is 3.30. The van der Waals surface area contributed by atoms with E-state index in [2.05, 4.69) is 38.4 Å². The van der Waals surface area contributed by atoms with Crippen LogP contribution in [-0.4, -0.2) is 27.7 Å². The van der Waals surface area contributed by atoms with Crippen LogP contribution in [0.3, 0.4) is 0 Å². The number of amides is 1. The first-order valence-corrected chi connectivity index (χ1v) is 8.06. The molecule has 3 rings (SSSR count). The van der Waals surface area contributed by atoms with Gasteiger partial charge in [0.25, 0.3) is 5.91 Å². The zero-order valence-corrected chi connectivity index (χ0v) is 11.8.